The molecular formula is C16H27N3. The Morgan fingerprint density at radius 1 is 1.37 bits per heavy atom. The molecule has 1 saturated heterocycles. The monoisotopic (exact) mass is 261 g/mol. The summed E-state index contributed by atoms with van der Waals surface area (Å²) in [6.45, 7) is 8.94. The molecule has 0 spiro atoms. The third kappa shape index (κ3) is 3.95. The van der Waals surface area contributed by atoms with Crippen LogP contribution < -0.4 is 10.6 Å². The summed E-state index contributed by atoms with van der Waals surface area (Å²) in [5.74, 6) is 0.572. The Balaban J connectivity index is 1.85. The molecule has 1 aromatic carbocycles. The summed E-state index contributed by atoms with van der Waals surface area (Å²) >= 11 is 0. The van der Waals surface area contributed by atoms with Gasteiger partial charge in [-0.25, -0.2) is 0 Å². The lowest BCUT2D eigenvalue weighted by atomic mass is 10.0. The highest BCUT2D eigenvalue weighted by Crippen LogP contribution is 2.23. The zero-order valence-corrected chi connectivity index (χ0v) is 12.4. The Labute approximate surface area is 117 Å². The number of rotatable bonds is 5. The van der Waals surface area contributed by atoms with Crippen molar-refractivity contribution in [3.05, 3.63) is 29.8 Å². The average Bonchev–Trinajstić information content (AvgIpc) is 2.41. The number of anilines is 1. The highest BCUT2D eigenvalue weighted by Gasteiger charge is 2.17. The number of benzene rings is 1. The Bertz CT molecular complexity index is 389. The first-order valence-corrected chi connectivity index (χ1v) is 7.42. The van der Waals surface area contributed by atoms with Gasteiger partial charge in [-0.05, 0) is 31.0 Å². The number of likely N-dealkylation sites (N-methyl/N-ethyl adjacent to an activating group) is 1. The molecule has 3 nitrogen and oxygen atoms in total. The molecule has 1 fully saturated rings. The van der Waals surface area contributed by atoms with E-state index in [2.05, 4.69) is 60.7 Å². The van der Waals surface area contributed by atoms with E-state index in [4.69, 9.17) is 0 Å². The Morgan fingerprint density at radius 2 is 2.16 bits per heavy atom. The SMILES string of the molecule is CC(C)c1ccccc1NCCC1CNCCN1C. The molecule has 1 heterocycles. The van der Waals surface area contributed by atoms with Gasteiger partial charge in [0.1, 0.15) is 0 Å². The van der Waals surface area contributed by atoms with Crippen LogP contribution >= 0.6 is 0 Å². The van der Waals surface area contributed by atoms with Gasteiger partial charge in [0.25, 0.3) is 0 Å². The lowest BCUT2D eigenvalue weighted by Gasteiger charge is -2.33. The molecule has 1 aromatic rings. The molecule has 0 aliphatic carbocycles. The van der Waals surface area contributed by atoms with Gasteiger partial charge in [-0.3, -0.25) is 0 Å². The van der Waals surface area contributed by atoms with Crippen molar-refractivity contribution in [3.8, 4) is 0 Å². The number of hydrogen-bond acceptors (Lipinski definition) is 3. The van der Waals surface area contributed by atoms with Crippen molar-refractivity contribution in [2.45, 2.75) is 32.2 Å². The predicted molar refractivity (Wildman–Crippen MR) is 82.9 cm³/mol. The fourth-order valence-corrected chi connectivity index (χ4v) is 2.72. The topological polar surface area (TPSA) is 27.3 Å². The van der Waals surface area contributed by atoms with Gasteiger partial charge in [-0.2, -0.15) is 0 Å². The molecule has 1 atom stereocenters. The third-order valence-electron chi connectivity index (χ3n) is 4.02. The van der Waals surface area contributed by atoms with Gasteiger partial charge in [-0.1, -0.05) is 32.0 Å². The molecule has 19 heavy (non-hydrogen) atoms. The van der Waals surface area contributed by atoms with Crippen LogP contribution in [0.5, 0.6) is 0 Å². The second-order valence-corrected chi connectivity index (χ2v) is 5.80. The number of hydrogen-bond donors (Lipinski definition) is 2. The van der Waals surface area contributed by atoms with Crippen LogP contribution in [0.2, 0.25) is 0 Å². The molecule has 1 aliphatic rings. The van der Waals surface area contributed by atoms with Crippen molar-refractivity contribution in [2.75, 3.05) is 38.5 Å². The van der Waals surface area contributed by atoms with Crippen molar-refractivity contribution in [1.29, 1.82) is 0 Å². The average molecular weight is 261 g/mol. The first-order valence-electron chi connectivity index (χ1n) is 7.42. The Morgan fingerprint density at radius 3 is 2.89 bits per heavy atom. The Hall–Kier alpha value is -1.06. The molecule has 0 radical (unpaired) electrons. The van der Waals surface area contributed by atoms with Crippen LogP contribution in [-0.2, 0) is 0 Å². The quantitative estimate of drug-likeness (QED) is 0.853. The number of piperazine rings is 1. The van der Waals surface area contributed by atoms with Crippen LogP contribution in [0.15, 0.2) is 24.3 Å². The molecule has 0 aromatic heterocycles. The van der Waals surface area contributed by atoms with Crippen LogP contribution in [0.3, 0.4) is 0 Å². The maximum absolute atomic E-state index is 3.61. The second kappa shape index (κ2) is 6.92. The van der Waals surface area contributed by atoms with Gasteiger partial charge >= 0.3 is 0 Å². The van der Waals surface area contributed by atoms with Crippen LogP contribution in [0.25, 0.3) is 0 Å². The summed E-state index contributed by atoms with van der Waals surface area (Å²) in [5.41, 5.74) is 2.71. The van der Waals surface area contributed by atoms with Crippen LogP contribution in [-0.4, -0.2) is 44.2 Å². The van der Waals surface area contributed by atoms with Crippen molar-refractivity contribution >= 4 is 5.69 Å². The van der Waals surface area contributed by atoms with Gasteiger partial charge in [0.2, 0.25) is 0 Å². The summed E-state index contributed by atoms with van der Waals surface area (Å²) < 4.78 is 0. The van der Waals surface area contributed by atoms with Crippen LogP contribution in [0, 0.1) is 0 Å². The zero-order chi connectivity index (χ0) is 13.7. The largest absolute Gasteiger partial charge is 0.385 e. The number of para-hydroxylation sites is 1. The van der Waals surface area contributed by atoms with E-state index in [-0.39, 0.29) is 0 Å². The standard InChI is InChI=1S/C16H27N3/c1-13(2)15-6-4-5-7-16(15)18-9-8-14-12-17-10-11-19(14)3/h4-7,13-14,17-18H,8-12H2,1-3H3. The zero-order valence-electron chi connectivity index (χ0n) is 12.4. The maximum atomic E-state index is 3.61. The van der Waals surface area contributed by atoms with E-state index in [9.17, 15) is 0 Å². The Kier molecular flexibility index (Phi) is 5.23. The minimum atomic E-state index is 0.572. The summed E-state index contributed by atoms with van der Waals surface area (Å²) in [4.78, 5) is 2.46. The summed E-state index contributed by atoms with van der Waals surface area (Å²) in [6, 6.07) is 9.31. The highest BCUT2D eigenvalue weighted by molar-refractivity contribution is 5.52. The summed E-state index contributed by atoms with van der Waals surface area (Å²) in [7, 11) is 2.23. The first-order chi connectivity index (χ1) is 9.18. The van der Waals surface area contributed by atoms with Gasteiger partial charge in [-0.15, -0.1) is 0 Å². The molecular weight excluding hydrogens is 234 g/mol. The van der Waals surface area contributed by atoms with E-state index in [0.717, 1.165) is 26.2 Å². The lowest BCUT2D eigenvalue weighted by Crippen LogP contribution is -2.49. The van der Waals surface area contributed by atoms with Gasteiger partial charge < -0.3 is 15.5 Å². The van der Waals surface area contributed by atoms with E-state index in [1.807, 2.05) is 0 Å². The van der Waals surface area contributed by atoms with E-state index in [0.29, 0.717) is 12.0 Å². The van der Waals surface area contributed by atoms with Crippen molar-refractivity contribution in [1.82, 2.24) is 10.2 Å². The molecule has 0 amide bonds. The molecule has 3 heteroatoms. The van der Waals surface area contributed by atoms with E-state index in [1.165, 1.54) is 17.7 Å². The minimum Gasteiger partial charge on any atom is -0.385 e. The molecule has 106 valence electrons. The molecule has 1 unspecified atom stereocenters. The highest BCUT2D eigenvalue weighted by atomic mass is 15.2. The van der Waals surface area contributed by atoms with E-state index >= 15 is 0 Å². The smallest absolute Gasteiger partial charge is 0.0375 e. The van der Waals surface area contributed by atoms with Crippen LogP contribution in [0.1, 0.15) is 31.7 Å². The van der Waals surface area contributed by atoms with Gasteiger partial charge in [0, 0.05) is 37.9 Å². The number of nitrogens with zero attached hydrogens (tertiary/aromatic N) is 1. The fourth-order valence-electron chi connectivity index (χ4n) is 2.72. The summed E-state index contributed by atoms with van der Waals surface area (Å²) in [5, 5.41) is 7.08. The first kappa shape index (κ1) is 14.4. The fraction of sp³-hybridized carbons (Fsp3) is 0.625. The third-order valence-corrected chi connectivity index (χ3v) is 4.02. The molecule has 0 saturated carbocycles. The molecule has 0 bridgehead atoms. The van der Waals surface area contributed by atoms with Crippen molar-refractivity contribution in [2.24, 2.45) is 0 Å². The van der Waals surface area contributed by atoms with Gasteiger partial charge in [0.05, 0.1) is 0 Å². The normalized spacial score (nSPS) is 20.7. The van der Waals surface area contributed by atoms with Crippen molar-refractivity contribution in [3.63, 3.8) is 0 Å². The summed E-state index contributed by atoms with van der Waals surface area (Å²) in [6.07, 6.45) is 1.19. The van der Waals surface area contributed by atoms with Crippen molar-refractivity contribution < 1.29 is 0 Å². The maximum Gasteiger partial charge on any atom is 0.0375 e. The molecule has 2 rings (SSSR count). The molecule has 2 N–H and O–H groups in total. The van der Waals surface area contributed by atoms with E-state index in [1.54, 1.807) is 0 Å². The molecule has 1 aliphatic heterocycles. The van der Waals surface area contributed by atoms with Gasteiger partial charge in [0.15, 0.2) is 0 Å². The van der Waals surface area contributed by atoms with E-state index < -0.39 is 0 Å². The minimum absolute atomic E-state index is 0.572. The second-order valence-electron chi connectivity index (χ2n) is 5.80. The number of nitrogens with one attached hydrogen (secondary N) is 2. The van der Waals surface area contributed by atoms with Crippen LogP contribution in [0.4, 0.5) is 5.69 Å². The lowest BCUT2D eigenvalue weighted by molar-refractivity contribution is 0.194. The predicted octanol–water partition coefficient (Wildman–Crippen LogP) is 2.52.